The van der Waals surface area contributed by atoms with Crippen LogP contribution < -0.4 is 5.73 Å². The molecule has 0 aliphatic rings. The molecule has 8 nitrogen and oxygen atoms in total. The van der Waals surface area contributed by atoms with Crippen molar-refractivity contribution in [1.82, 2.24) is 14.5 Å². The number of rotatable bonds is 6. The van der Waals surface area contributed by atoms with Gasteiger partial charge in [-0.15, -0.1) is 0 Å². The summed E-state index contributed by atoms with van der Waals surface area (Å²) in [6, 6.07) is 20.4. The molecule has 0 aliphatic carbocycles. The van der Waals surface area contributed by atoms with E-state index in [9.17, 15) is 17.6 Å². The van der Waals surface area contributed by atoms with Gasteiger partial charge >= 0.3 is 5.97 Å². The van der Waals surface area contributed by atoms with E-state index in [1.54, 1.807) is 42.5 Å². The first-order valence-corrected chi connectivity index (χ1v) is 12.1. The van der Waals surface area contributed by atoms with Gasteiger partial charge in [-0.1, -0.05) is 42.5 Å². The van der Waals surface area contributed by atoms with E-state index in [0.29, 0.717) is 11.0 Å². The van der Waals surface area contributed by atoms with Crippen molar-refractivity contribution in [3.8, 4) is 0 Å². The first-order valence-electron chi connectivity index (χ1n) is 10.6. The van der Waals surface area contributed by atoms with Gasteiger partial charge in [0, 0.05) is 0 Å². The van der Waals surface area contributed by atoms with Crippen molar-refractivity contribution < 1.29 is 22.3 Å². The van der Waals surface area contributed by atoms with Crippen molar-refractivity contribution >= 4 is 43.8 Å². The Labute approximate surface area is 199 Å². The fourth-order valence-electron chi connectivity index (χ4n) is 3.83. The van der Waals surface area contributed by atoms with Crippen LogP contribution in [0.5, 0.6) is 0 Å². The van der Waals surface area contributed by atoms with Crippen LogP contribution in [0.1, 0.15) is 10.4 Å². The van der Waals surface area contributed by atoms with Crippen molar-refractivity contribution in [2.75, 3.05) is 12.3 Å². The van der Waals surface area contributed by atoms with Gasteiger partial charge in [-0.3, -0.25) is 0 Å². The summed E-state index contributed by atoms with van der Waals surface area (Å²) in [5, 5.41) is 0. The lowest BCUT2D eigenvalue weighted by atomic mass is 10.2. The Morgan fingerprint density at radius 3 is 2.26 bits per heavy atom. The van der Waals surface area contributed by atoms with Crippen molar-refractivity contribution in [3.05, 3.63) is 90.2 Å². The van der Waals surface area contributed by atoms with Gasteiger partial charge in [0.2, 0.25) is 9.84 Å². The van der Waals surface area contributed by atoms with Gasteiger partial charge in [0.1, 0.15) is 28.7 Å². The quantitative estimate of drug-likeness (QED) is 0.358. The Kier molecular flexibility index (Phi) is 5.65. The summed E-state index contributed by atoms with van der Waals surface area (Å²) in [7, 11) is -4.04. The zero-order chi connectivity index (χ0) is 24.6. The number of ether oxygens (including phenoxy) is 1. The van der Waals surface area contributed by atoms with Gasteiger partial charge < -0.3 is 15.0 Å². The number of fused-ring (bicyclic) bond motifs is 2. The average molecular weight is 491 g/mol. The maximum Gasteiger partial charge on any atom is 0.341 e. The number of sulfone groups is 1. The molecule has 0 aliphatic heterocycles. The smallest absolute Gasteiger partial charge is 0.341 e. The molecule has 2 N–H and O–H groups in total. The second-order valence-electron chi connectivity index (χ2n) is 7.68. The van der Waals surface area contributed by atoms with Crippen LogP contribution in [-0.4, -0.2) is 35.5 Å². The molecule has 5 aromatic rings. The molecule has 5 rings (SSSR count). The van der Waals surface area contributed by atoms with Crippen LogP contribution in [0.2, 0.25) is 0 Å². The number of carbonyl (C=O) groups is 1. The van der Waals surface area contributed by atoms with Gasteiger partial charge in [-0.05, 0) is 36.4 Å². The number of nitrogens with zero attached hydrogens (tertiary/aromatic N) is 3. The van der Waals surface area contributed by atoms with Crippen molar-refractivity contribution in [3.63, 3.8) is 0 Å². The second-order valence-corrected chi connectivity index (χ2v) is 9.57. The van der Waals surface area contributed by atoms with Crippen LogP contribution in [0.4, 0.5) is 10.2 Å². The summed E-state index contributed by atoms with van der Waals surface area (Å²) in [4.78, 5) is 21.3. The van der Waals surface area contributed by atoms with E-state index in [1.165, 1.54) is 34.9 Å². The molecule has 0 unspecified atom stereocenters. The second kappa shape index (κ2) is 8.80. The van der Waals surface area contributed by atoms with Crippen molar-refractivity contribution in [1.29, 1.82) is 0 Å². The summed E-state index contributed by atoms with van der Waals surface area (Å²) in [5.41, 5.74) is 7.56. The number of nitrogen functional groups attached to an aromatic ring is 1. The Bertz CT molecular complexity index is 1680. The molecule has 2 heterocycles. The van der Waals surface area contributed by atoms with E-state index >= 15 is 0 Å². The van der Waals surface area contributed by atoms with Gasteiger partial charge in [-0.25, -0.2) is 27.6 Å². The Morgan fingerprint density at radius 2 is 1.54 bits per heavy atom. The molecule has 2 aromatic heterocycles. The zero-order valence-corrected chi connectivity index (χ0v) is 19.1. The Morgan fingerprint density at radius 1 is 0.914 bits per heavy atom. The number of anilines is 1. The first kappa shape index (κ1) is 22.5. The van der Waals surface area contributed by atoms with Gasteiger partial charge in [-0.2, -0.15) is 0 Å². The summed E-state index contributed by atoms with van der Waals surface area (Å²) >= 11 is 0. The standard InChI is InChI=1S/C25H19FN4O4S/c26-18-11-5-4-10-17(18)25(31)34-15-14-30-23(27)22(35(32,33)16-8-2-1-3-9-16)21-24(30)29-20-13-7-6-12-19(20)28-21/h1-13H,14-15,27H2. The summed E-state index contributed by atoms with van der Waals surface area (Å²) in [5.74, 6) is -1.62. The van der Waals surface area contributed by atoms with Crippen LogP contribution >= 0.6 is 0 Å². The van der Waals surface area contributed by atoms with E-state index in [-0.39, 0.29) is 45.5 Å². The highest BCUT2D eigenvalue weighted by atomic mass is 32.2. The van der Waals surface area contributed by atoms with Gasteiger partial charge in [0.25, 0.3) is 0 Å². The minimum Gasteiger partial charge on any atom is -0.460 e. The number of nitrogens with two attached hydrogens (primary N) is 1. The highest BCUT2D eigenvalue weighted by Crippen LogP contribution is 2.35. The molecule has 0 atom stereocenters. The Hall–Kier alpha value is -4.31. The molecule has 0 saturated carbocycles. The molecule has 35 heavy (non-hydrogen) atoms. The highest BCUT2D eigenvalue weighted by molar-refractivity contribution is 7.92. The third-order valence-electron chi connectivity index (χ3n) is 5.51. The SMILES string of the molecule is Nc1c(S(=O)(=O)c2ccccc2)c2nc3ccccc3nc2n1CCOC(=O)c1ccccc1F. The molecule has 0 bridgehead atoms. The lowest BCUT2D eigenvalue weighted by molar-refractivity contribution is 0.0487. The predicted molar refractivity (Wildman–Crippen MR) is 128 cm³/mol. The molecule has 10 heteroatoms. The summed E-state index contributed by atoms with van der Waals surface area (Å²) < 4.78 is 47.6. The lowest BCUT2D eigenvalue weighted by Gasteiger charge is -2.09. The summed E-state index contributed by atoms with van der Waals surface area (Å²) in [6.07, 6.45) is 0. The number of para-hydroxylation sites is 2. The largest absolute Gasteiger partial charge is 0.460 e. The predicted octanol–water partition coefficient (Wildman–Crippen LogP) is 4.00. The maximum atomic E-state index is 13.9. The van der Waals surface area contributed by atoms with E-state index in [0.717, 1.165) is 6.07 Å². The highest BCUT2D eigenvalue weighted by Gasteiger charge is 2.30. The number of hydrogen-bond acceptors (Lipinski definition) is 7. The first-order chi connectivity index (χ1) is 16.9. The number of halogens is 1. The monoisotopic (exact) mass is 490 g/mol. The van der Waals surface area contributed by atoms with Crippen LogP contribution in [-0.2, 0) is 21.1 Å². The van der Waals surface area contributed by atoms with Crippen molar-refractivity contribution in [2.45, 2.75) is 16.3 Å². The average Bonchev–Trinajstić information content (AvgIpc) is 3.14. The summed E-state index contributed by atoms with van der Waals surface area (Å²) in [6.45, 7) is -0.208. The lowest BCUT2D eigenvalue weighted by Crippen LogP contribution is -2.15. The van der Waals surface area contributed by atoms with E-state index < -0.39 is 21.6 Å². The number of aromatic nitrogens is 3. The molecule has 0 amide bonds. The van der Waals surface area contributed by atoms with Gasteiger partial charge in [0.15, 0.2) is 5.65 Å². The molecule has 176 valence electrons. The number of carbonyl (C=O) groups excluding carboxylic acids is 1. The van der Waals surface area contributed by atoms with Crippen LogP contribution in [0.15, 0.2) is 88.7 Å². The fourth-order valence-corrected chi connectivity index (χ4v) is 5.36. The topological polar surface area (TPSA) is 117 Å². The van der Waals surface area contributed by atoms with Crippen LogP contribution in [0, 0.1) is 5.82 Å². The number of benzene rings is 3. The molecular weight excluding hydrogens is 471 g/mol. The molecule has 0 saturated heterocycles. The van der Waals surface area contributed by atoms with Crippen LogP contribution in [0.25, 0.3) is 22.2 Å². The van der Waals surface area contributed by atoms with Gasteiger partial charge in [0.05, 0.1) is 28.0 Å². The minimum absolute atomic E-state index is 0.0140. The minimum atomic E-state index is -4.04. The third kappa shape index (κ3) is 3.97. The number of hydrogen-bond donors (Lipinski definition) is 1. The normalized spacial score (nSPS) is 11.7. The molecule has 0 fully saturated rings. The van der Waals surface area contributed by atoms with E-state index in [1.807, 2.05) is 0 Å². The van der Waals surface area contributed by atoms with Crippen molar-refractivity contribution in [2.24, 2.45) is 0 Å². The maximum absolute atomic E-state index is 13.9. The Balaban J connectivity index is 1.58. The fraction of sp³-hybridized carbons (Fsp3) is 0.0800. The molecular formula is C25H19FN4O4S. The van der Waals surface area contributed by atoms with E-state index in [2.05, 4.69) is 9.97 Å². The third-order valence-corrected chi connectivity index (χ3v) is 7.34. The number of esters is 1. The molecule has 3 aromatic carbocycles. The van der Waals surface area contributed by atoms with Crippen LogP contribution in [0.3, 0.4) is 0 Å². The zero-order valence-electron chi connectivity index (χ0n) is 18.3. The van der Waals surface area contributed by atoms with E-state index in [4.69, 9.17) is 10.5 Å². The molecule has 0 spiro atoms. The molecule has 0 radical (unpaired) electrons.